The highest BCUT2D eigenvalue weighted by atomic mass is 28.3. The summed E-state index contributed by atoms with van der Waals surface area (Å²) >= 11 is 0. The molecule has 0 saturated heterocycles. The van der Waals surface area contributed by atoms with Gasteiger partial charge in [-0.15, -0.1) is 0 Å². The van der Waals surface area contributed by atoms with Crippen molar-refractivity contribution in [2.45, 2.75) is 0 Å². The normalized spacial score (nSPS) is 13.9. The zero-order chi connectivity index (χ0) is 42.2. The molecule has 0 unspecified atom stereocenters. The number of hydrogen-bond acceptors (Lipinski definition) is 0. The summed E-state index contributed by atoms with van der Waals surface area (Å²) in [7, 11) is -2.64. The van der Waals surface area contributed by atoms with Crippen molar-refractivity contribution in [3.63, 3.8) is 0 Å². The second kappa shape index (κ2) is 14.7. The first-order valence-electron chi connectivity index (χ1n) is 22.4. The number of allylic oxidation sites excluding steroid dienone is 2. The predicted octanol–water partition coefficient (Wildman–Crippen LogP) is 12.3. The molecule has 2 aliphatic rings. The van der Waals surface area contributed by atoms with Crippen LogP contribution in [-0.2, 0) is 0 Å². The third kappa shape index (κ3) is 5.69. The van der Waals surface area contributed by atoms with Crippen LogP contribution in [0.4, 0.5) is 0 Å². The van der Waals surface area contributed by atoms with Crippen molar-refractivity contribution in [3.05, 3.63) is 259 Å². The fraction of sp³-hybridized carbons (Fsp3) is 0. The summed E-state index contributed by atoms with van der Waals surface area (Å²) in [5.74, 6) is 0. The van der Waals surface area contributed by atoms with E-state index in [1.54, 1.807) is 0 Å². The highest BCUT2D eigenvalue weighted by molar-refractivity contribution is 7.20. The van der Waals surface area contributed by atoms with E-state index < -0.39 is 8.07 Å². The average Bonchev–Trinajstić information content (AvgIpc) is 3.78. The fourth-order valence-corrected chi connectivity index (χ4v) is 16.0. The number of rotatable bonds is 5. The van der Waals surface area contributed by atoms with Crippen molar-refractivity contribution in [2.24, 2.45) is 0 Å². The van der Waals surface area contributed by atoms with Crippen LogP contribution in [0.3, 0.4) is 0 Å². The number of benzene rings is 11. The summed E-state index contributed by atoms with van der Waals surface area (Å²) in [4.78, 5) is 0. The van der Waals surface area contributed by atoms with E-state index >= 15 is 0 Å². The summed E-state index contributed by atoms with van der Waals surface area (Å²) in [6.07, 6.45) is 0. The molecule has 296 valence electrons. The Kier molecular flexibility index (Phi) is 8.44. The minimum absolute atomic E-state index is 0.174. The molecule has 2 heteroatoms. The van der Waals surface area contributed by atoms with E-state index in [9.17, 15) is 0 Å². The Labute approximate surface area is 375 Å². The molecule has 0 amide bonds. The average molecular weight is 825 g/mol. The highest BCUT2D eigenvalue weighted by Gasteiger charge is 2.47. The van der Waals surface area contributed by atoms with Gasteiger partial charge in [0, 0.05) is 0 Å². The third-order valence-corrected chi connectivity index (χ3v) is 18.3. The van der Waals surface area contributed by atoms with Crippen molar-refractivity contribution in [1.82, 2.24) is 0 Å². The molecule has 0 atom stereocenters. The molecule has 1 spiro atoms. The Morgan fingerprint density at radius 2 is 0.641 bits per heavy atom. The SMILES string of the molecule is C1=C(c2ccc(-c3cc4ccccc4c4ccccc34)cc2)C(c2ccc(-c3cc4ccccc4c4ccccc34)cc2)=C[Si]12c1ccccc1B(c1ccccc1)c1ccccc12. The van der Waals surface area contributed by atoms with Gasteiger partial charge in [-0.25, -0.2) is 0 Å². The highest BCUT2D eigenvalue weighted by Crippen LogP contribution is 2.43. The van der Waals surface area contributed by atoms with E-state index in [0.717, 1.165) is 0 Å². The van der Waals surface area contributed by atoms with Gasteiger partial charge in [0.25, 0.3) is 0 Å². The van der Waals surface area contributed by atoms with Crippen LogP contribution in [0.1, 0.15) is 11.1 Å². The standard InChI is InChI=1S/C62H41BSi/c1-2-18-48(19-3-1)63-59-26-12-14-28-61(59)64(62-29-15-13-27-60(62)63)40-57(44-34-30-42(31-35-44)55-38-46-16-4-6-20-49(46)51-22-8-10-24-53(51)55)58(41-64)45-36-32-43(33-37-45)56-39-47-17-5-7-21-50(47)52-23-9-11-25-54(52)56/h1-41H. The second-order valence-electron chi connectivity index (χ2n) is 17.5. The summed E-state index contributed by atoms with van der Waals surface area (Å²) < 4.78 is 0. The Morgan fingerprint density at radius 3 is 1.11 bits per heavy atom. The van der Waals surface area contributed by atoms with Crippen LogP contribution < -0.4 is 26.8 Å². The molecule has 64 heavy (non-hydrogen) atoms. The lowest BCUT2D eigenvalue weighted by Gasteiger charge is -2.37. The number of fused-ring (bicyclic) bond motifs is 10. The largest absolute Gasteiger partial charge is 0.240 e. The van der Waals surface area contributed by atoms with Gasteiger partial charge in [-0.3, -0.25) is 0 Å². The lowest BCUT2D eigenvalue weighted by Crippen LogP contribution is -2.77. The molecule has 0 aromatic heterocycles. The summed E-state index contributed by atoms with van der Waals surface area (Å²) in [5.41, 5.74) is 19.7. The maximum absolute atomic E-state index is 2.71. The third-order valence-electron chi connectivity index (χ3n) is 14.2. The molecule has 11 aromatic rings. The van der Waals surface area contributed by atoms with Crippen LogP contribution in [0.25, 0.3) is 76.5 Å². The van der Waals surface area contributed by atoms with Crippen LogP contribution in [0.5, 0.6) is 0 Å². The van der Waals surface area contributed by atoms with Gasteiger partial charge in [0.2, 0.25) is 6.71 Å². The van der Waals surface area contributed by atoms with Gasteiger partial charge in [0.15, 0.2) is 8.07 Å². The Bertz CT molecular complexity index is 3480. The first kappa shape index (κ1) is 36.8. The van der Waals surface area contributed by atoms with Gasteiger partial charge in [-0.05, 0) is 99.7 Å². The van der Waals surface area contributed by atoms with Crippen LogP contribution in [-0.4, -0.2) is 14.8 Å². The second-order valence-corrected chi connectivity index (χ2v) is 20.9. The molecule has 11 aromatic carbocycles. The Hall–Kier alpha value is -7.78. The van der Waals surface area contributed by atoms with Crippen molar-refractivity contribution >= 4 is 95.8 Å². The summed E-state index contributed by atoms with van der Waals surface area (Å²) in [6.45, 7) is 0.174. The lowest BCUT2D eigenvalue weighted by atomic mass is 9.36. The molecule has 0 fully saturated rings. The number of hydrogen-bond donors (Lipinski definition) is 0. The van der Waals surface area contributed by atoms with Crippen LogP contribution in [0.2, 0.25) is 0 Å². The first-order valence-corrected chi connectivity index (χ1v) is 24.6. The topological polar surface area (TPSA) is 0 Å². The molecule has 0 nitrogen and oxygen atoms in total. The first-order chi connectivity index (χ1) is 31.7. The van der Waals surface area contributed by atoms with Crippen molar-refractivity contribution in [1.29, 1.82) is 0 Å². The van der Waals surface area contributed by atoms with E-state index in [1.165, 1.54) is 114 Å². The zero-order valence-corrected chi connectivity index (χ0v) is 36.2. The van der Waals surface area contributed by atoms with E-state index in [4.69, 9.17) is 0 Å². The van der Waals surface area contributed by atoms with E-state index in [-0.39, 0.29) is 6.71 Å². The van der Waals surface area contributed by atoms with E-state index in [2.05, 4.69) is 248 Å². The van der Waals surface area contributed by atoms with Gasteiger partial charge in [0.05, 0.1) is 0 Å². The summed E-state index contributed by atoms with van der Waals surface area (Å²) in [6, 6.07) is 88.6. The van der Waals surface area contributed by atoms with E-state index in [0.29, 0.717) is 0 Å². The fourth-order valence-electron chi connectivity index (χ4n) is 11.3. The van der Waals surface area contributed by atoms with Crippen LogP contribution in [0.15, 0.2) is 248 Å². The monoisotopic (exact) mass is 824 g/mol. The summed E-state index contributed by atoms with van der Waals surface area (Å²) in [5, 5.41) is 13.2. The van der Waals surface area contributed by atoms with E-state index in [1.807, 2.05) is 0 Å². The van der Waals surface area contributed by atoms with Crippen LogP contribution in [0, 0.1) is 0 Å². The van der Waals surface area contributed by atoms with Gasteiger partial charge in [0.1, 0.15) is 0 Å². The van der Waals surface area contributed by atoms with Gasteiger partial charge in [-0.2, -0.15) is 0 Å². The molecule has 0 saturated carbocycles. The smallest absolute Gasteiger partial charge is 0.0738 e. The molecular formula is C62H41BSi. The van der Waals surface area contributed by atoms with Crippen molar-refractivity contribution in [3.8, 4) is 22.3 Å². The minimum atomic E-state index is -2.64. The molecule has 2 heterocycles. The predicted molar refractivity (Wildman–Crippen MR) is 279 cm³/mol. The quantitative estimate of drug-likeness (QED) is 0.120. The zero-order valence-electron chi connectivity index (χ0n) is 35.2. The van der Waals surface area contributed by atoms with Crippen molar-refractivity contribution < 1.29 is 0 Å². The molecule has 2 aliphatic heterocycles. The maximum Gasteiger partial charge on any atom is 0.240 e. The molecule has 0 aliphatic carbocycles. The van der Waals surface area contributed by atoms with Gasteiger partial charge < -0.3 is 0 Å². The molecule has 0 radical (unpaired) electrons. The lowest BCUT2D eigenvalue weighted by molar-refractivity contribution is 1.58. The molecule has 0 N–H and O–H groups in total. The van der Waals surface area contributed by atoms with Gasteiger partial charge in [-0.1, -0.05) is 263 Å². The molecular weight excluding hydrogens is 784 g/mol. The Balaban J connectivity index is 0.997. The van der Waals surface area contributed by atoms with Crippen LogP contribution >= 0.6 is 0 Å². The van der Waals surface area contributed by atoms with Crippen molar-refractivity contribution in [2.75, 3.05) is 0 Å². The minimum Gasteiger partial charge on any atom is -0.0738 e. The maximum atomic E-state index is 2.71. The molecule has 13 rings (SSSR count). The Morgan fingerprint density at radius 1 is 0.281 bits per heavy atom. The molecule has 0 bridgehead atoms. The van der Waals surface area contributed by atoms with Gasteiger partial charge >= 0.3 is 0 Å².